The number of nitrogens with zero attached hydrogens (tertiary/aromatic N) is 1. The van der Waals surface area contributed by atoms with Gasteiger partial charge in [-0.15, -0.1) is 0 Å². The van der Waals surface area contributed by atoms with Crippen molar-refractivity contribution in [3.8, 4) is 0 Å². The van der Waals surface area contributed by atoms with Gasteiger partial charge in [0.15, 0.2) is 0 Å². The number of unbranched alkanes of at least 4 members (excludes halogenated alkanes) is 1. The van der Waals surface area contributed by atoms with Gasteiger partial charge in [0.25, 0.3) is 5.79 Å². The number of likely N-dealkylation sites (tertiary alicyclic amines) is 1. The van der Waals surface area contributed by atoms with Crippen LogP contribution < -0.4 is 0 Å². The zero-order valence-corrected chi connectivity index (χ0v) is 25.0. The molecule has 1 aliphatic heterocycles. The number of carbonyl (C=O) groups excluding carboxylic acids is 2. The van der Waals surface area contributed by atoms with Gasteiger partial charge < -0.3 is 14.7 Å². The van der Waals surface area contributed by atoms with Crippen LogP contribution in [0.1, 0.15) is 84.1 Å². The minimum absolute atomic E-state index is 0.0151. The molecule has 0 radical (unpaired) electrons. The summed E-state index contributed by atoms with van der Waals surface area (Å²) < 4.78 is 41.5. The van der Waals surface area contributed by atoms with E-state index in [-0.39, 0.29) is 43.3 Å². The molecule has 1 N–H and O–H groups in total. The molecule has 0 bridgehead atoms. The summed E-state index contributed by atoms with van der Waals surface area (Å²) in [6.45, 7) is 5.12. The Morgan fingerprint density at radius 1 is 1.10 bits per heavy atom. The Bertz CT molecular complexity index is 1050. The lowest BCUT2D eigenvalue weighted by molar-refractivity contribution is -0.170. The van der Waals surface area contributed by atoms with Crippen molar-refractivity contribution in [1.29, 1.82) is 0 Å². The number of esters is 1. The number of hydrogen-bond donors (Lipinski definition) is 1. The second-order valence-electron chi connectivity index (χ2n) is 11.6. The lowest BCUT2D eigenvalue weighted by atomic mass is 9.79. The highest BCUT2D eigenvalue weighted by Gasteiger charge is 2.56. The number of carbonyl (C=O) groups is 3. The van der Waals surface area contributed by atoms with Gasteiger partial charge in [0.05, 0.1) is 0 Å². The van der Waals surface area contributed by atoms with Gasteiger partial charge in [-0.05, 0) is 36.7 Å². The summed E-state index contributed by atoms with van der Waals surface area (Å²) in [7, 11) is -3.79. The molecule has 2 fully saturated rings. The van der Waals surface area contributed by atoms with Crippen molar-refractivity contribution in [3.63, 3.8) is 0 Å². The molecule has 2 aliphatic rings. The Balaban J connectivity index is 1.77. The number of aliphatic carboxylic acids is 1. The Labute approximate surface area is 237 Å². The van der Waals surface area contributed by atoms with Crippen LogP contribution in [0.4, 0.5) is 4.39 Å². The molecular formula is C30H45FNO7P. The number of hydrogen-bond acceptors (Lipinski definition) is 6. The third-order valence-corrected chi connectivity index (χ3v) is 10.5. The highest BCUT2D eigenvalue weighted by Crippen LogP contribution is 2.52. The van der Waals surface area contributed by atoms with E-state index < -0.39 is 43.5 Å². The van der Waals surface area contributed by atoms with Gasteiger partial charge in [-0.2, -0.15) is 0 Å². The molecule has 40 heavy (non-hydrogen) atoms. The minimum atomic E-state index is -3.79. The molecule has 3 rings (SSSR count). The fourth-order valence-corrected chi connectivity index (χ4v) is 8.08. The largest absolute Gasteiger partial charge is 0.477 e. The van der Waals surface area contributed by atoms with Crippen LogP contribution in [0.5, 0.6) is 0 Å². The average molecular weight is 582 g/mol. The van der Waals surface area contributed by atoms with E-state index in [0.29, 0.717) is 12.8 Å². The van der Waals surface area contributed by atoms with Crippen molar-refractivity contribution in [2.45, 2.75) is 97.1 Å². The van der Waals surface area contributed by atoms with Gasteiger partial charge in [0.2, 0.25) is 19.6 Å². The first kappa shape index (κ1) is 32.3. The van der Waals surface area contributed by atoms with Crippen LogP contribution in [0.25, 0.3) is 0 Å². The molecule has 2 unspecified atom stereocenters. The maximum atomic E-state index is 15.9. The van der Waals surface area contributed by atoms with Crippen molar-refractivity contribution in [1.82, 2.24) is 4.90 Å². The lowest BCUT2D eigenvalue weighted by Crippen LogP contribution is -2.50. The van der Waals surface area contributed by atoms with E-state index in [1.807, 2.05) is 30.3 Å². The number of halogens is 1. The molecule has 1 saturated heterocycles. The van der Waals surface area contributed by atoms with Crippen LogP contribution in [0.3, 0.4) is 0 Å². The smallest absolute Gasteiger partial charge is 0.362 e. The van der Waals surface area contributed by atoms with E-state index in [1.165, 1.54) is 0 Å². The van der Waals surface area contributed by atoms with Crippen LogP contribution in [-0.2, 0) is 34.6 Å². The molecule has 10 heteroatoms. The molecular weight excluding hydrogens is 536 g/mol. The van der Waals surface area contributed by atoms with Gasteiger partial charge in [-0.3, -0.25) is 18.7 Å². The summed E-state index contributed by atoms with van der Waals surface area (Å²) in [6.07, 6.45) is 4.92. The molecule has 0 aromatic heterocycles. The molecule has 224 valence electrons. The average Bonchev–Trinajstić information content (AvgIpc) is 3.31. The first-order valence-electron chi connectivity index (χ1n) is 14.7. The molecule has 1 heterocycles. The minimum Gasteiger partial charge on any atom is -0.477 e. The first-order valence-corrected chi connectivity index (χ1v) is 16.7. The van der Waals surface area contributed by atoms with Crippen LogP contribution >= 0.6 is 7.37 Å². The predicted molar refractivity (Wildman–Crippen MR) is 151 cm³/mol. The van der Waals surface area contributed by atoms with Crippen molar-refractivity contribution >= 4 is 25.2 Å². The quantitative estimate of drug-likeness (QED) is 0.0888. The molecule has 1 aliphatic carbocycles. The summed E-state index contributed by atoms with van der Waals surface area (Å²) in [4.78, 5) is 38.4. The van der Waals surface area contributed by atoms with Gasteiger partial charge in [0, 0.05) is 31.5 Å². The van der Waals surface area contributed by atoms with E-state index in [0.717, 1.165) is 49.0 Å². The fourth-order valence-electron chi connectivity index (χ4n) is 5.79. The van der Waals surface area contributed by atoms with Gasteiger partial charge in [-0.25, -0.2) is 9.18 Å². The van der Waals surface area contributed by atoms with Gasteiger partial charge in [-0.1, -0.05) is 83.2 Å². The molecule has 0 spiro atoms. The monoisotopic (exact) mass is 581 g/mol. The van der Waals surface area contributed by atoms with Crippen LogP contribution in [0, 0.1) is 17.8 Å². The van der Waals surface area contributed by atoms with E-state index in [1.54, 1.807) is 20.8 Å². The SMILES string of the molecule is CCC(=O)OC(OP(=O)(CCCCc1ccccc1)CC(=O)N1C[C@H](C2CCCCC2)C[C@@]1(F)C(=O)O)C(C)C. The molecule has 1 aromatic rings. The van der Waals surface area contributed by atoms with Crippen molar-refractivity contribution in [2.24, 2.45) is 17.8 Å². The van der Waals surface area contributed by atoms with Crippen LogP contribution in [0.2, 0.25) is 0 Å². The van der Waals surface area contributed by atoms with Gasteiger partial charge in [0.1, 0.15) is 6.16 Å². The fraction of sp³-hybridized carbons (Fsp3) is 0.700. The number of aryl methyl sites for hydroxylation is 1. The highest BCUT2D eigenvalue weighted by molar-refractivity contribution is 7.59. The highest BCUT2D eigenvalue weighted by atomic mass is 31.2. The number of carboxylic acid groups (broad SMARTS) is 1. The van der Waals surface area contributed by atoms with E-state index in [9.17, 15) is 24.1 Å². The number of benzene rings is 1. The van der Waals surface area contributed by atoms with Crippen molar-refractivity contribution < 1.29 is 37.7 Å². The number of rotatable bonds is 14. The normalized spacial score (nSPS) is 24.0. The number of alkyl halides is 1. The third-order valence-electron chi connectivity index (χ3n) is 8.13. The van der Waals surface area contributed by atoms with E-state index >= 15 is 4.39 Å². The lowest BCUT2D eigenvalue weighted by Gasteiger charge is -2.31. The number of ether oxygens (including phenoxy) is 1. The first-order chi connectivity index (χ1) is 19.0. The van der Waals surface area contributed by atoms with Crippen LogP contribution in [0.15, 0.2) is 30.3 Å². The topological polar surface area (TPSA) is 110 Å². The van der Waals surface area contributed by atoms with Crippen LogP contribution in [-0.4, -0.2) is 58.8 Å². The number of amides is 1. The summed E-state index contributed by atoms with van der Waals surface area (Å²) in [5, 5.41) is 9.81. The van der Waals surface area contributed by atoms with Gasteiger partial charge >= 0.3 is 11.9 Å². The predicted octanol–water partition coefficient (Wildman–Crippen LogP) is 6.42. The maximum absolute atomic E-state index is 15.9. The molecule has 1 aromatic carbocycles. The molecule has 8 nitrogen and oxygen atoms in total. The Morgan fingerprint density at radius 3 is 2.38 bits per heavy atom. The van der Waals surface area contributed by atoms with Crippen molar-refractivity contribution in [2.75, 3.05) is 18.9 Å². The number of carboxylic acids is 1. The molecule has 1 saturated carbocycles. The zero-order valence-electron chi connectivity index (χ0n) is 24.1. The summed E-state index contributed by atoms with van der Waals surface area (Å²) in [5.74, 6) is -6.34. The standard InChI is InChI=1S/C30H45FNO7P/c1-4-27(34)38-28(22(2)3)39-40(37,18-12-11-15-23-13-7-5-8-14-23)21-26(33)32-20-25(19-30(32,31)29(35)36)24-16-9-6-10-17-24/h5,7-8,13-14,22,24-25,28H,4,6,9-12,15-21H2,1-3H3,(H,35,36)/t25-,28?,30+,40?/m1/s1. The second-order valence-corrected chi connectivity index (χ2v) is 14.2. The Kier molecular flexibility index (Phi) is 11.8. The second kappa shape index (κ2) is 14.6. The molecule has 1 amide bonds. The summed E-state index contributed by atoms with van der Waals surface area (Å²) in [6, 6.07) is 9.82. The third kappa shape index (κ3) is 8.62. The van der Waals surface area contributed by atoms with Crippen molar-refractivity contribution in [3.05, 3.63) is 35.9 Å². The Hall–Kier alpha value is -2.25. The summed E-state index contributed by atoms with van der Waals surface area (Å²) >= 11 is 0. The maximum Gasteiger partial charge on any atom is 0.362 e. The molecule has 4 atom stereocenters. The van der Waals surface area contributed by atoms with E-state index in [4.69, 9.17) is 9.26 Å². The van der Waals surface area contributed by atoms with E-state index in [2.05, 4.69) is 0 Å². The summed E-state index contributed by atoms with van der Waals surface area (Å²) in [5.41, 5.74) is 1.13. The Morgan fingerprint density at radius 2 is 1.77 bits per heavy atom. The zero-order chi connectivity index (χ0) is 29.3.